The number of hydrogen-bond acceptors (Lipinski definition) is 6. The lowest BCUT2D eigenvalue weighted by atomic mass is 10.0. The van der Waals surface area contributed by atoms with E-state index in [1.165, 1.54) is 17.7 Å². The summed E-state index contributed by atoms with van der Waals surface area (Å²) < 4.78 is 22.8. The number of anilines is 1. The molecule has 0 spiro atoms. The second-order valence-corrected chi connectivity index (χ2v) is 8.22. The predicted octanol–water partition coefficient (Wildman–Crippen LogP) is 2.32. The third-order valence-corrected chi connectivity index (χ3v) is 5.60. The monoisotopic (exact) mass is 390 g/mol. The van der Waals surface area contributed by atoms with Crippen molar-refractivity contribution in [1.29, 1.82) is 0 Å². The van der Waals surface area contributed by atoms with Crippen LogP contribution in [0.5, 0.6) is 0 Å². The molecular formula is C18H22N4O4S. The number of benzene rings is 2. The molecule has 1 aliphatic rings. The van der Waals surface area contributed by atoms with Crippen LogP contribution in [0.15, 0.2) is 53.4 Å². The molecule has 0 aliphatic carbocycles. The van der Waals surface area contributed by atoms with Gasteiger partial charge in [-0.2, -0.15) is 0 Å². The van der Waals surface area contributed by atoms with E-state index in [0.29, 0.717) is 5.69 Å². The van der Waals surface area contributed by atoms with Gasteiger partial charge in [0.1, 0.15) is 5.69 Å². The number of nitrogens with one attached hydrogen (secondary N) is 1. The minimum absolute atomic E-state index is 0.0936. The van der Waals surface area contributed by atoms with Crippen molar-refractivity contribution >= 4 is 21.4 Å². The molecule has 0 unspecified atom stereocenters. The van der Waals surface area contributed by atoms with Crippen LogP contribution in [0, 0.1) is 10.1 Å². The molecule has 8 nitrogen and oxygen atoms in total. The van der Waals surface area contributed by atoms with Crippen LogP contribution in [0.1, 0.15) is 18.4 Å². The summed E-state index contributed by atoms with van der Waals surface area (Å²) in [7, 11) is -3.98. The average molecular weight is 390 g/mol. The topological polar surface area (TPSA) is 119 Å². The van der Waals surface area contributed by atoms with Crippen molar-refractivity contribution in [2.24, 2.45) is 5.14 Å². The van der Waals surface area contributed by atoms with Crippen molar-refractivity contribution in [2.45, 2.75) is 30.3 Å². The zero-order valence-electron chi connectivity index (χ0n) is 14.7. The lowest BCUT2D eigenvalue weighted by molar-refractivity contribution is -0.384. The van der Waals surface area contributed by atoms with E-state index in [4.69, 9.17) is 5.14 Å². The lowest BCUT2D eigenvalue weighted by Crippen LogP contribution is -2.38. The first kappa shape index (κ1) is 19.3. The molecule has 0 saturated carbocycles. The Morgan fingerprint density at radius 1 is 1.15 bits per heavy atom. The van der Waals surface area contributed by atoms with Gasteiger partial charge in [-0.1, -0.05) is 30.3 Å². The van der Waals surface area contributed by atoms with Crippen LogP contribution in [0.4, 0.5) is 11.4 Å². The number of piperidine rings is 1. The van der Waals surface area contributed by atoms with Crippen LogP contribution in [-0.4, -0.2) is 37.4 Å². The highest BCUT2D eigenvalue weighted by Crippen LogP contribution is 2.29. The van der Waals surface area contributed by atoms with Gasteiger partial charge < -0.3 is 5.32 Å². The highest BCUT2D eigenvalue weighted by Gasteiger charge is 2.24. The van der Waals surface area contributed by atoms with E-state index in [1.807, 2.05) is 18.2 Å². The van der Waals surface area contributed by atoms with Crippen molar-refractivity contribution in [1.82, 2.24) is 4.90 Å². The minimum Gasteiger partial charge on any atom is -0.377 e. The molecule has 0 atom stereocenters. The average Bonchev–Trinajstić information content (AvgIpc) is 2.63. The van der Waals surface area contributed by atoms with Crippen LogP contribution in [0.25, 0.3) is 0 Å². The van der Waals surface area contributed by atoms with Gasteiger partial charge in [0.15, 0.2) is 0 Å². The maximum absolute atomic E-state index is 11.4. The summed E-state index contributed by atoms with van der Waals surface area (Å²) in [5.74, 6) is 0. The number of nitro groups is 1. The van der Waals surface area contributed by atoms with Crippen LogP contribution in [0.2, 0.25) is 0 Å². The summed E-state index contributed by atoms with van der Waals surface area (Å²) >= 11 is 0. The highest BCUT2D eigenvalue weighted by molar-refractivity contribution is 7.89. The van der Waals surface area contributed by atoms with Gasteiger partial charge in [-0.15, -0.1) is 0 Å². The SMILES string of the molecule is NS(=O)(=O)c1ccc(NC2CCN(Cc3ccccc3)CC2)c([N+](=O)[O-])c1. The third-order valence-electron chi connectivity index (χ3n) is 4.69. The van der Waals surface area contributed by atoms with Gasteiger partial charge in [0.2, 0.25) is 10.0 Å². The number of nitrogens with zero attached hydrogens (tertiary/aromatic N) is 2. The van der Waals surface area contributed by atoms with E-state index >= 15 is 0 Å². The third kappa shape index (κ3) is 5.03. The molecule has 1 aliphatic heterocycles. The van der Waals surface area contributed by atoms with Gasteiger partial charge in [0.05, 0.1) is 9.82 Å². The van der Waals surface area contributed by atoms with Crippen molar-refractivity contribution in [3.8, 4) is 0 Å². The molecule has 3 N–H and O–H groups in total. The van der Waals surface area contributed by atoms with Crippen molar-refractivity contribution in [3.05, 3.63) is 64.2 Å². The first-order chi connectivity index (χ1) is 12.8. The summed E-state index contributed by atoms with van der Waals surface area (Å²) in [6.07, 6.45) is 1.70. The molecule has 1 heterocycles. The summed E-state index contributed by atoms with van der Waals surface area (Å²) in [5, 5.41) is 19.6. The number of nitrogens with two attached hydrogens (primary N) is 1. The van der Waals surface area contributed by atoms with E-state index in [0.717, 1.165) is 38.5 Å². The fourth-order valence-electron chi connectivity index (χ4n) is 3.26. The Bertz CT molecular complexity index is 910. The maximum Gasteiger partial charge on any atom is 0.293 e. The van der Waals surface area contributed by atoms with Crippen LogP contribution in [0.3, 0.4) is 0 Å². The number of nitro benzene ring substituents is 1. The fourth-order valence-corrected chi connectivity index (χ4v) is 3.79. The van der Waals surface area contributed by atoms with Crippen LogP contribution >= 0.6 is 0 Å². The van der Waals surface area contributed by atoms with Crippen molar-refractivity contribution < 1.29 is 13.3 Å². The van der Waals surface area contributed by atoms with Gasteiger partial charge in [-0.05, 0) is 30.5 Å². The molecule has 1 fully saturated rings. The number of rotatable bonds is 6. The molecule has 0 aromatic heterocycles. The van der Waals surface area contributed by atoms with E-state index in [-0.39, 0.29) is 16.6 Å². The number of primary sulfonamides is 1. The Labute approximate surface area is 158 Å². The fraction of sp³-hybridized carbons (Fsp3) is 0.333. The van der Waals surface area contributed by atoms with Crippen LogP contribution < -0.4 is 10.5 Å². The number of likely N-dealkylation sites (tertiary alicyclic amines) is 1. The molecule has 0 amide bonds. The Morgan fingerprint density at radius 2 is 1.81 bits per heavy atom. The lowest BCUT2D eigenvalue weighted by Gasteiger charge is -2.32. The molecule has 2 aromatic carbocycles. The standard InChI is InChI=1S/C18H22N4O4S/c19-27(25,26)16-6-7-17(18(12-16)22(23)24)20-15-8-10-21(11-9-15)13-14-4-2-1-3-5-14/h1-7,12,15,20H,8-11,13H2,(H2,19,25,26). The van der Waals surface area contributed by atoms with E-state index in [9.17, 15) is 18.5 Å². The van der Waals surface area contributed by atoms with Gasteiger partial charge in [0, 0.05) is 31.7 Å². The number of sulfonamides is 1. The molecule has 9 heteroatoms. The van der Waals surface area contributed by atoms with Crippen molar-refractivity contribution in [3.63, 3.8) is 0 Å². The second-order valence-electron chi connectivity index (χ2n) is 6.66. The minimum atomic E-state index is -3.98. The summed E-state index contributed by atoms with van der Waals surface area (Å²) in [4.78, 5) is 12.8. The first-order valence-electron chi connectivity index (χ1n) is 8.67. The van der Waals surface area contributed by atoms with E-state index < -0.39 is 14.9 Å². The Kier molecular flexibility index (Phi) is 5.73. The quantitative estimate of drug-likeness (QED) is 0.577. The second kappa shape index (κ2) is 8.03. The van der Waals surface area contributed by atoms with Crippen molar-refractivity contribution in [2.75, 3.05) is 18.4 Å². The summed E-state index contributed by atoms with van der Waals surface area (Å²) in [6, 6.07) is 14.0. The van der Waals surface area contributed by atoms with Gasteiger partial charge in [-0.3, -0.25) is 15.0 Å². The zero-order valence-corrected chi connectivity index (χ0v) is 15.6. The summed E-state index contributed by atoms with van der Waals surface area (Å²) in [5.41, 5.74) is 1.29. The Balaban J connectivity index is 1.64. The van der Waals surface area contributed by atoms with Crippen LogP contribution in [-0.2, 0) is 16.6 Å². The molecule has 3 rings (SSSR count). The smallest absolute Gasteiger partial charge is 0.293 e. The summed E-state index contributed by atoms with van der Waals surface area (Å²) in [6.45, 7) is 2.65. The molecule has 144 valence electrons. The number of hydrogen-bond donors (Lipinski definition) is 2. The van der Waals surface area contributed by atoms with E-state index in [2.05, 4.69) is 22.3 Å². The molecule has 27 heavy (non-hydrogen) atoms. The Morgan fingerprint density at radius 3 is 2.41 bits per heavy atom. The zero-order chi connectivity index (χ0) is 19.4. The molecule has 2 aromatic rings. The maximum atomic E-state index is 11.4. The molecule has 0 bridgehead atoms. The van der Waals surface area contributed by atoms with Gasteiger partial charge in [-0.25, -0.2) is 13.6 Å². The van der Waals surface area contributed by atoms with Gasteiger partial charge >= 0.3 is 0 Å². The van der Waals surface area contributed by atoms with E-state index in [1.54, 1.807) is 0 Å². The Hall–Kier alpha value is -2.49. The largest absolute Gasteiger partial charge is 0.377 e. The first-order valence-corrected chi connectivity index (χ1v) is 10.2. The normalized spacial score (nSPS) is 16.2. The molecule has 0 radical (unpaired) electrons. The highest BCUT2D eigenvalue weighted by atomic mass is 32.2. The van der Waals surface area contributed by atoms with Gasteiger partial charge in [0.25, 0.3) is 5.69 Å². The predicted molar refractivity (Wildman–Crippen MR) is 103 cm³/mol. The molecular weight excluding hydrogens is 368 g/mol. The molecule has 1 saturated heterocycles.